The Kier molecular flexibility index (Phi) is 11.5. The highest BCUT2D eigenvalue weighted by Gasteiger charge is 2.32. The number of thiazole rings is 1. The molecule has 2 amide bonds. The van der Waals surface area contributed by atoms with Crippen molar-refractivity contribution in [2.24, 2.45) is 0 Å². The van der Waals surface area contributed by atoms with E-state index < -0.39 is 6.29 Å². The van der Waals surface area contributed by atoms with E-state index in [0.29, 0.717) is 24.4 Å². The first-order chi connectivity index (χ1) is 27.0. The molecule has 2 heterocycles. The van der Waals surface area contributed by atoms with E-state index in [2.05, 4.69) is 41.0 Å². The van der Waals surface area contributed by atoms with E-state index >= 15 is 0 Å². The summed E-state index contributed by atoms with van der Waals surface area (Å²) in [5.41, 5.74) is 7.52. The van der Waals surface area contributed by atoms with Crippen LogP contribution in [0.3, 0.4) is 0 Å². The molecule has 0 spiro atoms. The SMILES string of the molecule is O=C(NCc1cccc(-c2cccc([C@@H]3O[C@H](CSc4nc5ccccc5s4)C[C@H](c4ccc(CO)cc4)O3)c2)c1)Nc1ccc(Oc2ccccc2)cc1. The molecule has 3 N–H and O–H groups in total. The van der Waals surface area contributed by atoms with Crippen molar-refractivity contribution in [3.05, 3.63) is 174 Å². The Hall–Kier alpha value is -5.49. The van der Waals surface area contributed by atoms with Crippen molar-refractivity contribution in [2.75, 3.05) is 11.1 Å². The molecule has 0 saturated carbocycles. The fourth-order valence-electron chi connectivity index (χ4n) is 6.41. The minimum Gasteiger partial charge on any atom is -0.457 e. The summed E-state index contributed by atoms with van der Waals surface area (Å²) >= 11 is 3.42. The van der Waals surface area contributed by atoms with Crippen molar-refractivity contribution in [1.82, 2.24) is 10.3 Å². The molecule has 1 aliphatic rings. The highest BCUT2D eigenvalue weighted by molar-refractivity contribution is 8.01. The van der Waals surface area contributed by atoms with Crippen molar-refractivity contribution in [2.45, 2.75) is 42.4 Å². The number of anilines is 1. The summed E-state index contributed by atoms with van der Waals surface area (Å²) in [5, 5.41) is 15.5. The number of nitrogens with one attached hydrogen (secondary N) is 2. The molecule has 55 heavy (non-hydrogen) atoms. The van der Waals surface area contributed by atoms with E-state index in [-0.39, 0.29) is 24.8 Å². The van der Waals surface area contributed by atoms with Gasteiger partial charge in [-0.05, 0) is 88.5 Å². The lowest BCUT2D eigenvalue weighted by molar-refractivity contribution is -0.245. The van der Waals surface area contributed by atoms with Gasteiger partial charge >= 0.3 is 6.03 Å². The normalized spacial score (nSPS) is 16.8. The van der Waals surface area contributed by atoms with Gasteiger partial charge in [-0.1, -0.05) is 103 Å². The summed E-state index contributed by atoms with van der Waals surface area (Å²) in [7, 11) is 0. The van der Waals surface area contributed by atoms with Crippen LogP contribution in [0.2, 0.25) is 0 Å². The first kappa shape index (κ1) is 36.5. The van der Waals surface area contributed by atoms with E-state index in [1.165, 1.54) is 4.70 Å². The molecule has 1 saturated heterocycles. The summed E-state index contributed by atoms with van der Waals surface area (Å²) < 4.78 is 21.4. The molecule has 1 aromatic heterocycles. The predicted octanol–water partition coefficient (Wildman–Crippen LogP) is 10.9. The van der Waals surface area contributed by atoms with Crippen molar-refractivity contribution < 1.29 is 24.1 Å². The number of aliphatic hydroxyl groups excluding tert-OH is 1. The number of hydrogen-bond acceptors (Lipinski definition) is 8. The van der Waals surface area contributed by atoms with E-state index in [1.807, 2.05) is 121 Å². The topological polar surface area (TPSA) is 102 Å². The molecule has 1 aliphatic heterocycles. The zero-order valence-corrected chi connectivity index (χ0v) is 31.5. The van der Waals surface area contributed by atoms with Crippen LogP contribution >= 0.6 is 23.1 Å². The number of carbonyl (C=O) groups excluding carboxylic acids is 1. The van der Waals surface area contributed by atoms with Crippen LogP contribution in [0.4, 0.5) is 10.5 Å². The van der Waals surface area contributed by atoms with E-state index in [0.717, 1.165) is 54.7 Å². The number of aromatic nitrogens is 1. The van der Waals surface area contributed by atoms with Crippen LogP contribution in [-0.2, 0) is 22.6 Å². The van der Waals surface area contributed by atoms with Crippen molar-refractivity contribution >= 4 is 45.0 Å². The summed E-state index contributed by atoms with van der Waals surface area (Å²) in [4.78, 5) is 17.6. The molecule has 0 bridgehead atoms. The molecule has 6 aromatic carbocycles. The van der Waals surface area contributed by atoms with Crippen LogP contribution in [0.25, 0.3) is 21.3 Å². The molecule has 1 fully saturated rings. The zero-order valence-electron chi connectivity index (χ0n) is 29.8. The smallest absolute Gasteiger partial charge is 0.319 e. The average Bonchev–Trinajstić information content (AvgIpc) is 3.67. The second-order valence-corrected chi connectivity index (χ2v) is 15.5. The lowest BCUT2D eigenvalue weighted by Gasteiger charge is -2.36. The molecule has 10 heteroatoms. The Bertz CT molecular complexity index is 2320. The van der Waals surface area contributed by atoms with E-state index in [9.17, 15) is 9.90 Å². The maximum absolute atomic E-state index is 12.8. The number of para-hydroxylation sites is 2. The Labute approximate surface area is 328 Å². The lowest BCUT2D eigenvalue weighted by atomic mass is 9.99. The largest absolute Gasteiger partial charge is 0.457 e. The van der Waals surface area contributed by atoms with Gasteiger partial charge < -0.3 is 30.0 Å². The molecule has 7 aromatic rings. The molecular weight excluding hydrogens is 727 g/mol. The Morgan fingerprint density at radius 2 is 1.51 bits per heavy atom. The highest BCUT2D eigenvalue weighted by atomic mass is 32.2. The van der Waals surface area contributed by atoms with Crippen LogP contribution in [-0.4, -0.2) is 28.0 Å². The third-order valence-corrected chi connectivity index (χ3v) is 11.6. The van der Waals surface area contributed by atoms with Crippen LogP contribution in [0.15, 0.2) is 156 Å². The monoisotopic (exact) mass is 765 g/mol. The van der Waals surface area contributed by atoms with Crippen molar-refractivity contribution in [1.29, 1.82) is 0 Å². The molecule has 8 nitrogen and oxygen atoms in total. The third kappa shape index (κ3) is 9.43. The van der Waals surface area contributed by atoms with Crippen molar-refractivity contribution in [3.8, 4) is 22.6 Å². The number of aliphatic hydroxyl groups is 1. The number of ether oxygens (including phenoxy) is 3. The van der Waals surface area contributed by atoms with Gasteiger partial charge in [0.25, 0.3) is 0 Å². The summed E-state index contributed by atoms with van der Waals surface area (Å²) in [6.45, 7) is 0.352. The zero-order chi connectivity index (χ0) is 37.4. The molecule has 0 aliphatic carbocycles. The van der Waals surface area contributed by atoms with Crippen molar-refractivity contribution in [3.63, 3.8) is 0 Å². The Morgan fingerprint density at radius 1 is 0.764 bits per heavy atom. The minimum atomic E-state index is -0.579. The second-order valence-electron chi connectivity index (χ2n) is 13.2. The number of nitrogens with zero attached hydrogens (tertiary/aromatic N) is 1. The number of thioether (sulfide) groups is 1. The maximum Gasteiger partial charge on any atom is 0.319 e. The number of amides is 2. The number of benzene rings is 6. The molecule has 3 atom stereocenters. The van der Waals surface area contributed by atoms with Gasteiger partial charge in [0.15, 0.2) is 10.6 Å². The van der Waals surface area contributed by atoms with E-state index in [1.54, 1.807) is 23.1 Å². The van der Waals surface area contributed by atoms with Crippen LogP contribution < -0.4 is 15.4 Å². The summed E-state index contributed by atoms with van der Waals surface area (Å²) in [5.74, 6) is 2.18. The predicted molar refractivity (Wildman–Crippen MR) is 219 cm³/mol. The van der Waals surface area contributed by atoms with Gasteiger partial charge in [-0.15, -0.1) is 11.3 Å². The Balaban J connectivity index is 0.926. The summed E-state index contributed by atoms with van der Waals surface area (Å²) in [6.07, 6.45) is -0.145. The number of hydrogen-bond donors (Lipinski definition) is 3. The van der Waals surface area contributed by atoms with Gasteiger partial charge in [0, 0.05) is 30.0 Å². The number of rotatable bonds is 12. The lowest BCUT2D eigenvalue weighted by Crippen LogP contribution is -2.31. The van der Waals surface area contributed by atoms with Gasteiger partial charge in [-0.2, -0.15) is 0 Å². The van der Waals surface area contributed by atoms with Gasteiger partial charge in [0.1, 0.15) is 11.5 Å². The van der Waals surface area contributed by atoms with E-state index in [4.69, 9.17) is 19.2 Å². The quantitative estimate of drug-likeness (QED) is 0.106. The third-order valence-electron chi connectivity index (χ3n) is 9.25. The van der Waals surface area contributed by atoms with Gasteiger partial charge in [0.2, 0.25) is 0 Å². The van der Waals surface area contributed by atoms with Gasteiger partial charge in [0.05, 0.1) is 29.0 Å². The maximum atomic E-state index is 12.8. The summed E-state index contributed by atoms with van der Waals surface area (Å²) in [6, 6.07) is 49.1. The number of urea groups is 1. The molecule has 8 rings (SSSR count). The van der Waals surface area contributed by atoms with Crippen LogP contribution in [0, 0.1) is 0 Å². The first-order valence-corrected chi connectivity index (χ1v) is 19.9. The second kappa shape index (κ2) is 17.3. The Morgan fingerprint density at radius 3 is 2.31 bits per heavy atom. The van der Waals surface area contributed by atoms with Gasteiger partial charge in [-0.3, -0.25) is 0 Å². The first-order valence-electron chi connectivity index (χ1n) is 18.1. The van der Waals surface area contributed by atoms with Gasteiger partial charge in [-0.25, -0.2) is 9.78 Å². The molecular formula is C45H39N3O5S2. The number of fused-ring (bicyclic) bond motifs is 1. The average molecular weight is 766 g/mol. The molecule has 0 unspecified atom stereocenters. The molecule has 276 valence electrons. The number of carbonyl (C=O) groups is 1. The molecule has 0 radical (unpaired) electrons. The van der Waals surface area contributed by atoms with Crippen LogP contribution in [0.1, 0.15) is 41.1 Å². The standard InChI is InChI=1S/C45H39N3O5S2/c49-28-30-16-18-32(19-17-30)41-26-39(29-54-45-48-40-14-4-5-15-42(40)55-45)52-43(53-41)35-11-7-10-34(25-35)33-9-6-8-31(24-33)27-46-44(50)47-36-20-22-38(23-21-36)51-37-12-2-1-3-13-37/h1-25,39,41,43,49H,26-29H2,(H2,46,47,50)/t39-,41+,43+/m0/s1. The highest BCUT2D eigenvalue weighted by Crippen LogP contribution is 2.41. The fraction of sp³-hybridized carbons (Fsp3) is 0.156. The fourth-order valence-corrected chi connectivity index (χ4v) is 8.53. The van der Waals surface area contributed by atoms with Crippen LogP contribution in [0.5, 0.6) is 11.5 Å². The minimum absolute atomic E-state index is 0.00327.